The number of hydrogen-bond acceptors (Lipinski definition) is 2. The van der Waals surface area contributed by atoms with Crippen LogP contribution in [0.15, 0.2) is 35.3 Å². The van der Waals surface area contributed by atoms with Crippen molar-refractivity contribution in [1.29, 1.82) is 0 Å². The normalized spacial score (nSPS) is 11.7. The summed E-state index contributed by atoms with van der Waals surface area (Å²) in [5.41, 5.74) is 10.3. The van der Waals surface area contributed by atoms with E-state index in [1.54, 1.807) is 0 Å². The van der Waals surface area contributed by atoms with Crippen molar-refractivity contribution in [3.63, 3.8) is 0 Å². The van der Waals surface area contributed by atoms with Crippen molar-refractivity contribution in [2.24, 2.45) is 17.8 Å². The van der Waals surface area contributed by atoms with Crippen LogP contribution in [0.1, 0.15) is 17.0 Å². The maximum absolute atomic E-state index is 5.87. The minimum absolute atomic E-state index is 0.440. The Hall–Kier alpha value is -2.30. The Morgan fingerprint density at radius 2 is 2.00 bits per heavy atom. The molecule has 0 aliphatic carbocycles. The summed E-state index contributed by atoms with van der Waals surface area (Å²) in [5, 5.41) is 7.47. The molecular formula is C15H21N5. The number of rotatable bonds is 4. The molecule has 106 valence electrons. The van der Waals surface area contributed by atoms with Crippen LogP contribution in [0.4, 0.5) is 5.69 Å². The number of nitrogens with zero attached hydrogens (tertiary/aromatic N) is 3. The Labute approximate surface area is 119 Å². The molecule has 3 N–H and O–H groups in total. The number of aliphatic imine (C=N–C) groups is 1. The van der Waals surface area contributed by atoms with Crippen LogP contribution in [0.3, 0.4) is 0 Å². The van der Waals surface area contributed by atoms with Gasteiger partial charge in [0.2, 0.25) is 0 Å². The first-order valence-electron chi connectivity index (χ1n) is 6.69. The van der Waals surface area contributed by atoms with Crippen molar-refractivity contribution in [3.05, 3.63) is 47.3 Å². The van der Waals surface area contributed by atoms with E-state index < -0.39 is 0 Å². The minimum Gasteiger partial charge on any atom is -0.370 e. The fourth-order valence-corrected chi connectivity index (χ4v) is 2.18. The lowest BCUT2D eigenvalue weighted by Crippen LogP contribution is -2.23. The van der Waals surface area contributed by atoms with Gasteiger partial charge in [-0.1, -0.05) is 18.2 Å². The number of nitrogens with two attached hydrogens (primary N) is 1. The molecule has 5 nitrogen and oxygen atoms in total. The van der Waals surface area contributed by atoms with E-state index in [9.17, 15) is 0 Å². The number of para-hydroxylation sites is 1. The van der Waals surface area contributed by atoms with E-state index in [4.69, 9.17) is 5.73 Å². The van der Waals surface area contributed by atoms with E-state index in [0.29, 0.717) is 12.5 Å². The zero-order chi connectivity index (χ0) is 14.5. The smallest absolute Gasteiger partial charge is 0.193 e. The van der Waals surface area contributed by atoms with Crippen LogP contribution in [-0.2, 0) is 13.5 Å². The molecule has 0 aliphatic rings. The lowest BCUT2D eigenvalue weighted by molar-refractivity contribution is 0.730. The maximum Gasteiger partial charge on any atom is 0.193 e. The Kier molecular flexibility index (Phi) is 4.40. The molecular weight excluding hydrogens is 250 g/mol. The quantitative estimate of drug-likeness (QED) is 0.660. The number of benzene rings is 1. The monoisotopic (exact) mass is 271 g/mol. The van der Waals surface area contributed by atoms with Gasteiger partial charge in [0.1, 0.15) is 0 Å². The molecule has 2 rings (SSSR count). The van der Waals surface area contributed by atoms with Gasteiger partial charge in [-0.25, -0.2) is 0 Å². The van der Waals surface area contributed by atoms with Crippen LogP contribution >= 0.6 is 0 Å². The molecule has 0 aliphatic heterocycles. The molecule has 1 aromatic heterocycles. The standard InChI is InChI=1S/C15H21N5/c1-11-14(12(2)20(3)19-11)9-10-17-15(16)18-13-7-5-4-6-8-13/h4-8H,9-10H2,1-3H3,(H3,16,17,18). The number of aryl methyl sites for hydroxylation is 2. The Morgan fingerprint density at radius 1 is 1.30 bits per heavy atom. The van der Waals surface area contributed by atoms with Gasteiger partial charge >= 0.3 is 0 Å². The van der Waals surface area contributed by atoms with Gasteiger partial charge in [0.25, 0.3) is 0 Å². The molecule has 0 amide bonds. The zero-order valence-electron chi connectivity index (χ0n) is 12.2. The summed E-state index contributed by atoms with van der Waals surface area (Å²) < 4.78 is 1.90. The van der Waals surface area contributed by atoms with E-state index in [2.05, 4.69) is 22.3 Å². The summed E-state index contributed by atoms with van der Waals surface area (Å²) in [6, 6.07) is 9.79. The van der Waals surface area contributed by atoms with Gasteiger partial charge in [-0.15, -0.1) is 0 Å². The first-order chi connectivity index (χ1) is 9.58. The van der Waals surface area contributed by atoms with E-state index in [-0.39, 0.29) is 0 Å². The molecule has 0 saturated heterocycles. The number of nitrogens with one attached hydrogen (secondary N) is 1. The third-order valence-electron chi connectivity index (χ3n) is 3.35. The van der Waals surface area contributed by atoms with Gasteiger partial charge in [0, 0.05) is 25.0 Å². The van der Waals surface area contributed by atoms with E-state index in [1.165, 1.54) is 11.3 Å². The van der Waals surface area contributed by atoms with Gasteiger partial charge in [0.15, 0.2) is 5.96 Å². The lowest BCUT2D eigenvalue weighted by Gasteiger charge is -2.05. The highest BCUT2D eigenvalue weighted by Crippen LogP contribution is 2.12. The van der Waals surface area contributed by atoms with E-state index in [0.717, 1.165) is 17.8 Å². The highest BCUT2D eigenvalue weighted by Gasteiger charge is 2.08. The van der Waals surface area contributed by atoms with Crippen LogP contribution in [-0.4, -0.2) is 22.3 Å². The van der Waals surface area contributed by atoms with Crippen LogP contribution < -0.4 is 11.1 Å². The third kappa shape index (κ3) is 3.38. The summed E-state index contributed by atoms with van der Waals surface area (Å²) in [6.07, 6.45) is 0.850. The second-order valence-electron chi connectivity index (χ2n) is 4.78. The molecule has 0 spiro atoms. The van der Waals surface area contributed by atoms with Crippen LogP contribution in [0.2, 0.25) is 0 Å². The van der Waals surface area contributed by atoms with Gasteiger partial charge in [0.05, 0.1) is 5.69 Å². The molecule has 0 atom stereocenters. The van der Waals surface area contributed by atoms with E-state index in [1.807, 2.05) is 49.0 Å². The number of guanidine groups is 1. The van der Waals surface area contributed by atoms with Crippen molar-refractivity contribution in [1.82, 2.24) is 9.78 Å². The first-order valence-corrected chi connectivity index (χ1v) is 6.69. The largest absolute Gasteiger partial charge is 0.370 e. The molecule has 20 heavy (non-hydrogen) atoms. The first kappa shape index (κ1) is 14.1. The highest BCUT2D eigenvalue weighted by atomic mass is 15.3. The van der Waals surface area contributed by atoms with Crippen molar-refractivity contribution < 1.29 is 0 Å². The van der Waals surface area contributed by atoms with E-state index >= 15 is 0 Å². The van der Waals surface area contributed by atoms with Crippen molar-refractivity contribution in [2.45, 2.75) is 20.3 Å². The Morgan fingerprint density at radius 3 is 2.60 bits per heavy atom. The zero-order valence-corrected chi connectivity index (χ0v) is 12.2. The molecule has 5 heteroatoms. The number of aromatic nitrogens is 2. The number of anilines is 1. The SMILES string of the molecule is Cc1nn(C)c(C)c1CCN=C(N)Nc1ccccc1. The average molecular weight is 271 g/mol. The Balaban J connectivity index is 1.93. The van der Waals surface area contributed by atoms with Gasteiger partial charge in [-0.05, 0) is 38.0 Å². The molecule has 0 radical (unpaired) electrons. The highest BCUT2D eigenvalue weighted by molar-refractivity contribution is 5.92. The predicted octanol–water partition coefficient (Wildman–Crippen LogP) is 2.01. The maximum atomic E-state index is 5.87. The summed E-state index contributed by atoms with van der Waals surface area (Å²) in [5.74, 6) is 0.440. The predicted molar refractivity (Wildman–Crippen MR) is 82.9 cm³/mol. The minimum atomic E-state index is 0.440. The topological polar surface area (TPSA) is 68.2 Å². The molecule has 1 heterocycles. The Bertz CT molecular complexity index is 598. The van der Waals surface area contributed by atoms with Crippen LogP contribution in [0.5, 0.6) is 0 Å². The van der Waals surface area contributed by atoms with Crippen molar-refractivity contribution >= 4 is 11.6 Å². The van der Waals surface area contributed by atoms with Gasteiger partial charge < -0.3 is 11.1 Å². The third-order valence-corrected chi connectivity index (χ3v) is 3.35. The van der Waals surface area contributed by atoms with Crippen molar-refractivity contribution in [3.8, 4) is 0 Å². The summed E-state index contributed by atoms with van der Waals surface area (Å²) >= 11 is 0. The fourth-order valence-electron chi connectivity index (χ4n) is 2.18. The molecule has 2 aromatic rings. The summed E-state index contributed by atoms with van der Waals surface area (Å²) in [7, 11) is 1.96. The van der Waals surface area contributed by atoms with Gasteiger partial charge in [-0.2, -0.15) is 5.10 Å². The molecule has 0 unspecified atom stereocenters. The summed E-state index contributed by atoms with van der Waals surface area (Å²) in [6.45, 7) is 4.75. The van der Waals surface area contributed by atoms with Crippen LogP contribution in [0.25, 0.3) is 0 Å². The molecule has 1 aromatic carbocycles. The second kappa shape index (κ2) is 6.23. The van der Waals surface area contributed by atoms with Crippen LogP contribution in [0, 0.1) is 13.8 Å². The number of hydrogen-bond donors (Lipinski definition) is 2. The molecule has 0 bridgehead atoms. The fraction of sp³-hybridized carbons (Fsp3) is 0.333. The molecule has 0 saturated carbocycles. The lowest BCUT2D eigenvalue weighted by atomic mass is 10.1. The summed E-state index contributed by atoms with van der Waals surface area (Å²) in [4.78, 5) is 4.35. The average Bonchev–Trinajstić information content (AvgIpc) is 2.66. The second-order valence-corrected chi connectivity index (χ2v) is 4.78. The van der Waals surface area contributed by atoms with Crippen molar-refractivity contribution in [2.75, 3.05) is 11.9 Å². The van der Waals surface area contributed by atoms with Gasteiger partial charge in [-0.3, -0.25) is 9.67 Å². The molecule has 0 fully saturated rings.